The zero-order valence-corrected chi connectivity index (χ0v) is 21.2. The number of aromatic nitrogens is 3. The first-order chi connectivity index (χ1) is 17.2. The zero-order chi connectivity index (χ0) is 25.7. The second kappa shape index (κ2) is 8.97. The average Bonchev–Trinajstić information content (AvgIpc) is 3.44. The van der Waals surface area contributed by atoms with E-state index in [1.54, 1.807) is 30.2 Å². The van der Waals surface area contributed by atoms with E-state index in [0.717, 1.165) is 69.6 Å². The number of rotatable bonds is 6. The van der Waals surface area contributed by atoms with Crippen LogP contribution in [0.3, 0.4) is 0 Å². The van der Waals surface area contributed by atoms with E-state index in [0.29, 0.717) is 11.1 Å². The molecule has 0 fully saturated rings. The van der Waals surface area contributed by atoms with Crippen LogP contribution in [0.1, 0.15) is 42.0 Å². The van der Waals surface area contributed by atoms with E-state index in [1.165, 1.54) is 0 Å². The van der Waals surface area contributed by atoms with Crippen molar-refractivity contribution in [1.29, 1.82) is 0 Å². The molecule has 7 heteroatoms. The summed E-state index contributed by atoms with van der Waals surface area (Å²) in [6, 6.07) is 7.87. The fourth-order valence-corrected chi connectivity index (χ4v) is 5.30. The van der Waals surface area contributed by atoms with Crippen molar-refractivity contribution in [2.45, 2.75) is 26.2 Å². The first kappa shape index (κ1) is 23.9. The molecule has 0 spiro atoms. The third kappa shape index (κ3) is 3.88. The molecule has 0 unspecified atom stereocenters. The fraction of sp³-hybridized carbons (Fsp3) is 0.276. The SMILES string of the molecule is C=C(NC)c1cn(C)c2c(C(=C)C)cc(N3CCCc4cc(-c5cnn(C)c5)c(C(F)F)cc43)cc12. The molecule has 0 bridgehead atoms. The molecule has 1 aliphatic rings. The van der Waals surface area contributed by atoms with Gasteiger partial charge in [-0.15, -0.1) is 0 Å². The predicted octanol–water partition coefficient (Wildman–Crippen LogP) is 6.82. The lowest BCUT2D eigenvalue weighted by Crippen LogP contribution is -2.25. The highest BCUT2D eigenvalue weighted by molar-refractivity contribution is 6.01. The number of allylic oxidation sites excluding steroid dienone is 1. The maximum Gasteiger partial charge on any atom is 0.264 e. The molecular weight excluding hydrogens is 456 g/mol. The van der Waals surface area contributed by atoms with Gasteiger partial charge in [-0.1, -0.05) is 13.2 Å². The Labute approximate surface area is 210 Å². The predicted molar refractivity (Wildman–Crippen MR) is 145 cm³/mol. The van der Waals surface area contributed by atoms with Gasteiger partial charge in [-0.2, -0.15) is 5.10 Å². The number of nitrogens with one attached hydrogen (secondary N) is 1. The summed E-state index contributed by atoms with van der Waals surface area (Å²) in [5.74, 6) is 0. The Morgan fingerprint density at radius 2 is 1.86 bits per heavy atom. The number of hydrogen-bond donors (Lipinski definition) is 1. The van der Waals surface area contributed by atoms with Gasteiger partial charge in [-0.25, -0.2) is 8.78 Å². The number of fused-ring (bicyclic) bond motifs is 2. The lowest BCUT2D eigenvalue weighted by Gasteiger charge is -2.33. The smallest absolute Gasteiger partial charge is 0.264 e. The standard InChI is InChI=1S/C29H31F2N5/c1-17(2)22-11-21(12-24-26(18(3)32-4)16-34(5)28(22)24)36-9-7-8-19-10-23(20-14-33-35(6)15-20)25(29(30)31)13-27(19)36/h10-16,29,32H,1,3,7-9H2,2,4-6H3. The van der Waals surface area contributed by atoms with E-state index in [-0.39, 0.29) is 5.56 Å². The Bertz CT molecular complexity index is 1510. The topological polar surface area (TPSA) is 38.0 Å². The molecule has 0 amide bonds. The van der Waals surface area contributed by atoms with Crippen LogP contribution in [0.4, 0.5) is 20.2 Å². The highest BCUT2D eigenvalue weighted by Gasteiger charge is 2.26. The van der Waals surface area contributed by atoms with Crippen LogP contribution in [-0.2, 0) is 20.5 Å². The molecule has 0 saturated heterocycles. The molecule has 36 heavy (non-hydrogen) atoms. The molecule has 0 radical (unpaired) electrons. The quantitative estimate of drug-likeness (QED) is 0.324. The van der Waals surface area contributed by atoms with Gasteiger partial charge in [-0.3, -0.25) is 4.68 Å². The molecule has 0 saturated carbocycles. The van der Waals surface area contributed by atoms with Crippen molar-refractivity contribution in [2.75, 3.05) is 18.5 Å². The number of nitrogens with zero attached hydrogens (tertiary/aromatic N) is 4. The summed E-state index contributed by atoms with van der Waals surface area (Å²) < 4.78 is 32.3. The molecule has 2 aromatic carbocycles. The fourth-order valence-electron chi connectivity index (χ4n) is 5.30. The van der Waals surface area contributed by atoms with Crippen LogP contribution in [0.2, 0.25) is 0 Å². The van der Waals surface area contributed by atoms with Crippen molar-refractivity contribution in [1.82, 2.24) is 19.7 Å². The first-order valence-corrected chi connectivity index (χ1v) is 12.1. The highest BCUT2D eigenvalue weighted by Crippen LogP contribution is 2.43. The van der Waals surface area contributed by atoms with Crippen LogP contribution in [0, 0.1) is 0 Å². The van der Waals surface area contributed by atoms with Crippen LogP contribution in [0.5, 0.6) is 0 Å². The van der Waals surface area contributed by atoms with E-state index in [2.05, 4.69) is 51.4 Å². The third-order valence-corrected chi connectivity index (χ3v) is 7.08. The van der Waals surface area contributed by atoms with Gasteiger partial charge in [0, 0.05) is 84.8 Å². The Hall–Kier alpha value is -3.87. The zero-order valence-electron chi connectivity index (χ0n) is 21.2. The lowest BCUT2D eigenvalue weighted by atomic mass is 9.92. The molecule has 5 rings (SSSR count). The largest absolute Gasteiger partial charge is 0.388 e. The monoisotopic (exact) mass is 487 g/mol. The Balaban J connectivity index is 1.72. The number of aryl methyl sites for hydroxylation is 3. The minimum Gasteiger partial charge on any atom is -0.388 e. The molecule has 0 atom stereocenters. The summed E-state index contributed by atoms with van der Waals surface area (Å²) in [6.07, 6.45) is 4.67. The molecule has 1 N–H and O–H groups in total. The van der Waals surface area contributed by atoms with Crippen molar-refractivity contribution >= 4 is 33.5 Å². The molecule has 1 aliphatic heterocycles. The average molecular weight is 488 g/mol. The minimum absolute atomic E-state index is 0.0267. The van der Waals surface area contributed by atoms with E-state index in [9.17, 15) is 8.78 Å². The second-order valence-electron chi connectivity index (χ2n) is 9.58. The van der Waals surface area contributed by atoms with Crippen LogP contribution >= 0.6 is 0 Å². The Morgan fingerprint density at radius 1 is 1.08 bits per heavy atom. The summed E-state index contributed by atoms with van der Waals surface area (Å²) >= 11 is 0. The first-order valence-electron chi connectivity index (χ1n) is 12.1. The second-order valence-corrected chi connectivity index (χ2v) is 9.58. The normalized spacial score (nSPS) is 13.4. The van der Waals surface area contributed by atoms with Crippen molar-refractivity contribution in [2.24, 2.45) is 14.1 Å². The van der Waals surface area contributed by atoms with Crippen molar-refractivity contribution in [3.63, 3.8) is 0 Å². The van der Waals surface area contributed by atoms with Gasteiger partial charge in [-0.05, 0) is 60.7 Å². The summed E-state index contributed by atoms with van der Waals surface area (Å²) in [5.41, 5.74) is 9.04. The van der Waals surface area contributed by atoms with E-state index >= 15 is 0 Å². The molecule has 0 aliphatic carbocycles. The van der Waals surface area contributed by atoms with Crippen molar-refractivity contribution in [3.8, 4) is 11.1 Å². The molecule has 186 valence electrons. The number of alkyl halides is 2. The molecular formula is C29H31F2N5. The summed E-state index contributed by atoms with van der Waals surface area (Å²) in [4.78, 5) is 2.17. The maximum atomic E-state index is 14.3. The van der Waals surface area contributed by atoms with Crippen molar-refractivity contribution in [3.05, 3.63) is 78.3 Å². The summed E-state index contributed by atoms with van der Waals surface area (Å²) in [5, 5.41) is 8.41. The van der Waals surface area contributed by atoms with Gasteiger partial charge in [0.1, 0.15) is 0 Å². The van der Waals surface area contributed by atoms with E-state index < -0.39 is 6.43 Å². The van der Waals surface area contributed by atoms with Gasteiger partial charge in [0.15, 0.2) is 0 Å². The van der Waals surface area contributed by atoms with Gasteiger partial charge in [0.25, 0.3) is 6.43 Å². The molecule has 5 nitrogen and oxygen atoms in total. The number of halogens is 2. The van der Waals surface area contributed by atoms with Gasteiger partial charge in [0.05, 0.1) is 11.7 Å². The van der Waals surface area contributed by atoms with Crippen LogP contribution in [0.25, 0.3) is 33.3 Å². The summed E-state index contributed by atoms with van der Waals surface area (Å²) in [6.45, 7) is 11.2. The van der Waals surface area contributed by atoms with Crippen LogP contribution in [0.15, 0.2) is 56.0 Å². The minimum atomic E-state index is -2.59. The third-order valence-electron chi connectivity index (χ3n) is 7.08. The van der Waals surface area contributed by atoms with E-state index in [4.69, 9.17) is 0 Å². The number of hydrogen-bond acceptors (Lipinski definition) is 3. The Morgan fingerprint density at radius 3 is 2.50 bits per heavy atom. The van der Waals surface area contributed by atoms with Crippen LogP contribution in [-0.4, -0.2) is 27.9 Å². The molecule has 4 aromatic rings. The van der Waals surface area contributed by atoms with Gasteiger partial charge < -0.3 is 14.8 Å². The van der Waals surface area contributed by atoms with Gasteiger partial charge in [0.2, 0.25) is 0 Å². The van der Waals surface area contributed by atoms with E-state index in [1.807, 2.05) is 27.1 Å². The highest BCUT2D eigenvalue weighted by atomic mass is 19.3. The maximum absolute atomic E-state index is 14.3. The van der Waals surface area contributed by atoms with Gasteiger partial charge >= 0.3 is 0 Å². The number of anilines is 2. The lowest BCUT2D eigenvalue weighted by molar-refractivity contribution is 0.152. The molecule has 3 heterocycles. The summed E-state index contributed by atoms with van der Waals surface area (Å²) in [7, 11) is 5.67. The Kier molecular flexibility index (Phi) is 5.94. The van der Waals surface area contributed by atoms with Crippen LogP contribution < -0.4 is 10.2 Å². The molecule has 2 aromatic heterocycles. The van der Waals surface area contributed by atoms with Crippen molar-refractivity contribution < 1.29 is 8.78 Å². The number of benzene rings is 2.